The zero-order valence-electron chi connectivity index (χ0n) is 16.2. The highest BCUT2D eigenvalue weighted by atomic mass is 35.5. The smallest absolute Gasteiger partial charge is 0.180 e. The van der Waals surface area contributed by atoms with Gasteiger partial charge in [0.05, 0.1) is 5.60 Å². The van der Waals surface area contributed by atoms with Crippen molar-refractivity contribution in [2.45, 2.75) is 37.7 Å². The number of fused-ring (bicyclic) bond motifs is 1. The Labute approximate surface area is 175 Å². The summed E-state index contributed by atoms with van der Waals surface area (Å²) in [6, 6.07) is 13.4. The first-order chi connectivity index (χ1) is 14.1. The van der Waals surface area contributed by atoms with Crippen LogP contribution in [0, 0.1) is 0 Å². The van der Waals surface area contributed by atoms with Gasteiger partial charge in [-0.2, -0.15) is 0 Å². The summed E-state index contributed by atoms with van der Waals surface area (Å²) in [7, 11) is 0. The van der Waals surface area contributed by atoms with Gasteiger partial charge in [0.2, 0.25) is 0 Å². The number of hydrogen-bond acceptors (Lipinski definition) is 5. The highest BCUT2D eigenvalue weighted by Crippen LogP contribution is 2.39. The molecule has 5 nitrogen and oxygen atoms in total. The number of benzene rings is 1. The molecule has 2 aromatic heterocycles. The summed E-state index contributed by atoms with van der Waals surface area (Å²) in [5.74, 6) is 1.70. The van der Waals surface area contributed by atoms with Crippen LogP contribution in [0.4, 0.5) is 5.82 Å². The van der Waals surface area contributed by atoms with Gasteiger partial charge in [0.1, 0.15) is 11.5 Å². The van der Waals surface area contributed by atoms with E-state index in [9.17, 15) is 5.11 Å². The topological polar surface area (TPSA) is 62.1 Å². The monoisotopic (exact) mass is 406 g/mol. The molecule has 0 unspecified atom stereocenters. The average molecular weight is 407 g/mol. The molecule has 0 saturated carbocycles. The molecule has 29 heavy (non-hydrogen) atoms. The number of halogens is 1. The second-order valence-corrected chi connectivity index (χ2v) is 8.27. The van der Waals surface area contributed by atoms with Gasteiger partial charge in [-0.3, -0.25) is 4.98 Å². The Morgan fingerprint density at radius 2 is 1.76 bits per heavy atom. The standard InChI is InChI=1S/C23H23ClN4O/c24-18-8-2-1-7-17(18)23(29)11-14-28(15-12-23)22-16-6-5-10-19(16)26-21(27-22)20-9-3-4-13-25-20/h1-4,7-9,13,29H,5-6,10-12,14-15H2. The second-order valence-electron chi connectivity index (χ2n) is 7.86. The van der Waals surface area contributed by atoms with E-state index in [1.807, 2.05) is 42.5 Å². The van der Waals surface area contributed by atoms with E-state index < -0.39 is 5.60 Å². The summed E-state index contributed by atoms with van der Waals surface area (Å²) < 4.78 is 0. The van der Waals surface area contributed by atoms with Gasteiger partial charge in [0, 0.05) is 41.1 Å². The van der Waals surface area contributed by atoms with E-state index in [4.69, 9.17) is 21.6 Å². The van der Waals surface area contributed by atoms with E-state index >= 15 is 0 Å². The molecule has 148 valence electrons. The van der Waals surface area contributed by atoms with Gasteiger partial charge in [0.15, 0.2) is 5.82 Å². The minimum Gasteiger partial charge on any atom is -0.385 e. The first kappa shape index (κ1) is 18.5. The number of aromatic nitrogens is 3. The number of rotatable bonds is 3. The van der Waals surface area contributed by atoms with Gasteiger partial charge in [-0.05, 0) is 50.3 Å². The summed E-state index contributed by atoms with van der Waals surface area (Å²) >= 11 is 6.36. The van der Waals surface area contributed by atoms with Crippen LogP contribution in [0.1, 0.15) is 36.1 Å². The summed E-state index contributed by atoms with van der Waals surface area (Å²) in [5.41, 5.74) is 3.13. The van der Waals surface area contributed by atoms with Gasteiger partial charge < -0.3 is 10.0 Å². The molecular weight excluding hydrogens is 384 g/mol. The lowest BCUT2D eigenvalue weighted by Gasteiger charge is -2.40. The fourth-order valence-electron chi connectivity index (χ4n) is 4.48. The molecule has 0 bridgehead atoms. The van der Waals surface area contributed by atoms with Crippen LogP contribution in [0.3, 0.4) is 0 Å². The van der Waals surface area contributed by atoms with E-state index in [-0.39, 0.29) is 0 Å². The Hall–Kier alpha value is -2.50. The molecule has 3 heterocycles. The number of aryl methyl sites for hydroxylation is 1. The third kappa shape index (κ3) is 3.38. The Morgan fingerprint density at radius 1 is 0.966 bits per heavy atom. The SMILES string of the molecule is OC1(c2ccccc2Cl)CCN(c2nc(-c3ccccn3)nc3c2CCC3)CC1. The molecule has 1 aromatic carbocycles. The van der Waals surface area contributed by atoms with Crippen LogP contribution in [0.2, 0.25) is 5.02 Å². The molecule has 0 radical (unpaired) electrons. The maximum atomic E-state index is 11.3. The van der Waals surface area contributed by atoms with Crippen molar-refractivity contribution >= 4 is 17.4 Å². The highest BCUT2D eigenvalue weighted by Gasteiger charge is 2.37. The molecule has 1 aliphatic carbocycles. The molecule has 6 heteroatoms. The summed E-state index contributed by atoms with van der Waals surface area (Å²) in [6.07, 6.45) is 6.12. The number of anilines is 1. The lowest BCUT2D eigenvalue weighted by Crippen LogP contribution is -2.43. The maximum Gasteiger partial charge on any atom is 0.180 e. The van der Waals surface area contributed by atoms with Gasteiger partial charge in [-0.25, -0.2) is 9.97 Å². The zero-order valence-corrected chi connectivity index (χ0v) is 16.9. The molecule has 1 fully saturated rings. The van der Waals surface area contributed by atoms with E-state index in [0.29, 0.717) is 23.7 Å². The number of hydrogen-bond donors (Lipinski definition) is 1. The normalized spacial score (nSPS) is 17.9. The molecule has 1 N–H and O–H groups in total. The average Bonchev–Trinajstić information content (AvgIpc) is 3.23. The van der Waals surface area contributed by atoms with Crippen molar-refractivity contribution < 1.29 is 5.11 Å². The van der Waals surface area contributed by atoms with Crippen LogP contribution in [0.15, 0.2) is 48.7 Å². The summed E-state index contributed by atoms with van der Waals surface area (Å²) in [5, 5.41) is 11.9. The highest BCUT2D eigenvalue weighted by molar-refractivity contribution is 6.31. The van der Waals surface area contributed by atoms with Crippen LogP contribution in [-0.4, -0.2) is 33.1 Å². The second kappa shape index (κ2) is 7.39. The van der Waals surface area contributed by atoms with Crippen LogP contribution in [0.25, 0.3) is 11.5 Å². The van der Waals surface area contributed by atoms with Gasteiger partial charge in [-0.15, -0.1) is 0 Å². The summed E-state index contributed by atoms with van der Waals surface area (Å²) in [4.78, 5) is 16.5. The Bertz CT molecular complexity index is 1030. The zero-order chi connectivity index (χ0) is 19.8. The third-order valence-corrected chi connectivity index (χ3v) is 6.40. The minimum atomic E-state index is -0.894. The quantitative estimate of drug-likeness (QED) is 0.707. The third-order valence-electron chi connectivity index (χ3n) is 6.07. The molecule has 1 saturated heterocycles. The van der Waals surface area contributed by atoms with E-state index in [1.54, 1.807) is 6.20 Å². The van der Waals surface area contributed by atoms with Crippen molar-refractivity contribution in [1.82, 2.24) is 15.0 Å². The lowest BCUT2D eigenvalue weighted by atomic mass is 9.84. The van der Waals surface area contributed by atoms with Crippen LogP contribution < -0.4 is 4.90 Å². The molecule has 5 rings (SSSR count). The van der Waals surface area contributed by atoms with Crippen molar-refractivity contribution in [1.29, 1.82) is 0 Å². The van der Waals surface area contributed by atoms with Crippen molar-refractivity contribution in [2.24, 2.45) is 0 Å². The van der Waals surface area contributed by atoms with Crippen LogP contribution >= 0.6 is 11.6 Å². The van der Waals surface area contributed by atoms with Gasteiger partial charge >= 0.3 is 0 Å². The van der Waals surface area contributed by atoms with E-state index in [2.05, 4.69) is 9.88 Å². The fraction of sp³-hybridized carbons (Fsp3) is 0.348. The predicted molar refractivity (Wildman–Crippen MR) is 114 cm³/mol. The molecular formula is C23H23ClN4O. The number of nitrogens with zero attached hydrogens (tertiary/aromatic N) is 4. The van der Waals surface area contributed by atoms with Crippen molar-refractivity contribution in [2.75, 3.05) is 18.0 Å². The maximum absolute atomic E-state index is 11.3. The minimum absolute atomic E-state index is 0.619. The van der Waals surface area contributed by atoms with Crippen molar-refractivity contribution in [3.05, 3.63) is 70.5 Å². The van der Waals surface area contributed by atoms with Crippen molar-refractivity contribution in [3.63, 3.8) is 0 Å². The van der Waals surface area contributed by atoms with Gasteiger partial charge in [-0.1, -0.05) is 35.9 Å². The summed E-state index contributed by atoms with van der Waals surface area (Å²) in [6.45, 7) is 1.46. The molecule has 0 spiro atoms. The molecule has 2 aliphatic rings. The largest absolute Gasteiger partial charge is 0.385 e. The molecule has 0 atom stereocenters. The lowest BCUT2D eigenvalue weighted by molar-refractivity contribution is 0.0117. The van der Waals surface area contributed by atoms with E-state index in [0.717, 1.165) is 55.1 Å². The first-order valence-electron chi connectivity index (χ1n) is 10.2. The van der Waals surface area contributed by atoms with E-state index in [1.165, 1.54) is 5.56 Å². The number of piperidine rings is 1. The first-order valence-corrected chi connectivity index (χ1v) is 10.6. The van der Waals surface area contributed by atoms with Crippen molar-refractivity contribution in [3.8, 4) is 11.5 Å². The van der Waals surface area contributed by atoms with Crippen LogP contribution in [0.5, 0.6) is 0 Å². The fourth-order valence-corrected chi connectivity index (χ4v) is 4.79. The number of pyridine rings is 1. The van der Waals surface area contributed by atoms with Gasteiger partial charge in [0.25, 0.3) is 0 Å². The molecule has 0 amide bonds. The Morgan fingerprint density at radius 3 is 2.52 bits per heavy atom. The molecule has 1 aliphatic heterocycles. The predicted octanol–water partition coefficient (Wildman–Crippen LogP) is 4.17. The Balaban J connectivity index is 1.45. The number of aliphatic hydroxyl groups is 1. The van der Waals surface area contributed by atoms with Crippen LogP contribution in [-0.2, 0) is 18.4 Å². The molecule has 3 aromatic rings. The Kier molecular flexibility index (Phi) is 4.72.